The molecule has 0 radical (unpaired) electrons. The highest BCUT2D eigenvalue weighted by Crippen LogP contribution is 2.21. The summed E-state index contributed by atoms with van der Waals surface area (Å²) < 4.78 is 52.8. The first kappa shape index (κ1) is 18.2. The van der Waals surface area contributed by atoms with E-state index >= 15 is 0 Å². The summed E-state index contributed by atoms with van der Waals surface area (Å²) in [6.07, 6.45) is 4.95. The van der Waals surface area contributed by atoms with E-state index in [-0.39, 0.29) is 17.2 Å². The molecule has 2 heterocycles. The summed E-state index contributed by atoms with van der Waals surface area (Å²) in [5, 5.41) is 4.16. The number of nitrogens with zero attached hydrogens (tertiary/aromatic N) is 2. The number of nitrogens with one attached hydrogen (secondary N) is 1. The smallest absolute Gasteiger partial charge is 0.240 e. The maximum Gasteiger partial charge on any atom is 0.240 e. The van der Waals surface area contributed by atoms with Crippen LogP contribution in [0.15, 0.2) is 58.3 Å². The molecule has 0 fully saturated rings. The van der Waals surface area contributed by atoms with Crippen molar-refractivity contribution >= 4 is 10.0 Å². The summed E-state index contributed by atoms with van der Waals surface area (Å²) in [5.74, 6) is -0.0139. The Hall–Kier alpha value is -2.65. The van der Waals surface area contributed by atoms with Gasteiger partial charge in [-0.2, -0.15) is 5.10 Å². The van der Waals surface area contributed by atoms with Gasteiger partial charge in [0.2, 0.25) is 10.0 Å². The van der Waals surface area contributed by atoms with E-state index in [9.17, 15) is 12.8 Å². The highest BCUT2D eigenvalue weighted by Gasteiger charge is 2.16. The fourth-order valence-electron chi connectivity index (χ4n) is 2.36. The predicted octanol–water partition coefficient (Wildman–Crippen LogP) is 2.66. The normalized spacial score (nSPS) is 11.6. The zero-order chi connectivity index (χ0) is 18.6. The quantitative estimate of drug-likeness (QED) is 0.650. The molecule has 0 aliphatic rings. The van der Waals surface area contributed by atoms with Gasteiger partial charge in [-0.25, -0.2) is 17.5 Å². The van der Waals surface area contributed by atoms with E-state index in [2.05, 4.69) is 9.82 Å². The van der Waals surface area contributed by atoms with Gasteiger partial charge in [-0.05, 0) is 37.3 Å². The summed E-state index contributed by atoms with van der Waals surface area (Å²) in [7, 11) is -3.83. The van der Waals surface area contributed by atoms with Crippen LogP contribution in [0.3, 0.4) is 0 Å². The van der Waals surface area contributed by atoms with Crippen molar-refractivity contribution in [1.82, 2.24) is 14.5 Å². The summed E-state index contributed by atoms with van der Waals surface area (Å²) in [6, 6.07) is 7.13. The van der Waals surface area contributed by atoms with Crippen LogP contribution < -0.4 is 9.46 Å². The number of ether oxygens (including phenoxy) is 1. The van der Waals surface area contributed by atoms with Crippen LogP contribution in [-0.4, -0.2) is 31.3 Å². The van der Waals surface area contributed by atoms with Crippen LogP contribution in [0.4, 0.5) is 4.39 Å². The van der Waals surface area contributed by atoms with Crippen molar-refractivity contribution in [2.45, 2.75) is 18.4 Å². The van der Waals surface area contributed by atoms with Gasteiger partial charge in [-0.1, -0.05) is 0 Å². The fourth-order valence-corrected chi connectivity index (χ4v) is 3.39. The Balaban J connectivity index is 1.61. The van der Waals surface area contributed by atoms with Crippen molar-refractivity contribution in [3.8, 4) is 17.1 Å². The topological polar surface area (TPSA) is 86.4 Å². The van der Waals surface area contributed by atoms with E-state index in [0.717, 1.165) is 11.6 Å². The second-order valence-corrected chi connectivity index (χ2v) is 7.16. The molecule has 26 heavy (non-hydrogen) atoms. The Morgan fingerprint density at radius 3 is 2.88 bits per heavy atom. The van der Waals surface area contributed by atoms with Crippen molar-refractivity contribution in [2.75, 3.05) is 13.2 Å². The van der Waals surface area contributed by atoms with Gasteiger partial charge in [0.15, 0.2) is 11.6 Å². The van der Waals surface area contributed by atoms with Gasteiger partial charge in [-0.3, -0.25) is 4.68 Å². The van der Waals surface area contributed by atoms with E-state index in [1.807, 2.05) is 6.07 Å². The molecule has 0 saturated carbocycles. The first-order chi connectivity index (χ1) is 12.5. The van der Waals surface area contributed by atoms with Gasteiger partial charge >= 0.3 is 0 Å². The van der Waals surface area contributed by atoms with E-state index in [0.29, 0.717) is 18.9 Å². The molecule has 2 aromatic heterocycles. The van der Waals surface area contributed by atoms with Crippen LogP contribution in [0.1, 0.15) is 6.92 Å². The van der Waals surface area contributed by atoms with Crippen molar-refractivity contribution < 1.29 is 22.0 Å². The van der Waals surface area contributed by atoms with Gasteiger partial charge in [0.1, 0.15) is 5.76 Å². The van der Waals surface area contributed by atoms with Crippen molar-refractivity contribution in [2.24, 2.45) is 0 Å². The standard InChI is InChI=1S/C17H18FN3O4S/c1-2-24-17-6-5-14(10-15(17)18)26(22,23)20-7-8-21-12-13(11-19-21)16-4-3-9-25-16/h3-6,9-12,20H,2,7-8H2,1H3. The molecule has 7 nitrogen and oxygen atoms in total. The monoisotopic (exact) mass is 379 g/mol. The zero-order valence-corrected chi connectivity index (χ0v) is 14.9. The van der Waals surface area contributed by atoms with Crippen LogP contribution >= 0.6 is 0 Å². The number of halogens is 1. The molecule has 0 unspecified atom stereocenters. The Kier molecular flexibility index (Phi) is 5.38. The molecule has 3 aromatic rings. The molecule has 0 aliphatic carbocycles. The maximum atomic E-state index is 13.9. The van der Waals surface area contributed by atoms with E-state index in [1.54, 1.807) is 36.3 Å². The molecular formula is C17H18FN3O4S. The van der Waals surface area contributed by atoms with E-state index < -0.39 is 15.8 Å². The Labute approximate surface area is 150 Å². The molecule has 9 heteroatoms. The minimum atomic E-state index is -3.83. The largest absolute Gasteiger partial charge is 0.491 e. The minimum absolute atomic E-state index is 0.0217. The van der Waals surface area contributed by atoms with Crippen molar-refractivity contribution in [1.29, 1.82) is 0 Å². The Bertz CT molecular complexity index is 968. The first-order valence-electron chi connectivity index (χ1n) is 7.98. The number of rotatable bonds is 8. The van der Waals surface area contributed by atoms with Crippen molar-refractivity contribution in [3.63, 3.8) is 0 Å². The second kappa shape index (κ2) is 7.71. The van der Waals surface area contributed by atoms with Crippen LogP contribution in [-0.2, 0) is 16.6 Å². The summed E-state index contributed by atoms with van der Waals surface area (Å²) in [4.78, 5) is -0.157. The van der Waals surface area contributed by atoms with Gasteiger partial charge in [0.25, 0.3) is 0 Å². The number of sulfonamides is 1. The summed E-state index contributed by atoms with van der Waals surface area (Å²) in [6.45, 7) is 2.44. The van der Waals surface area contributed by atoms with E-state index in [4.69, 9.17) is 9.15 Å². The van der Waals surface area contributed by atoms with Gasteiger partial charge in [0.05, 0.1) is 36.1 Å². The predicted molar refractivity (Wildman–Crippen MR) is 92.7 cm³/mol. The lowest BCUT2D eigenvalue weighted by atomic mass is 10.3. The molecule has 0 bridgehead atoms. The molecule has 3 rings (SSSR count). The maximum absolute atomic E-state index is 13.9. The molecule has 0 saturated heterocycles. The molecule has 1 aromatic carbocycles. The third-order valence-electron chi connectivity index (χ3n) is 3.59. The number of benzene rings is 1. The number of hydrogen-bond acceptors (Lipinski definition) is 5. The average molecular weight is 379 g/mol. The van der Waals surface area contributed by atoms with Crippen LogP contribution in [0.25, 0.3) is 11.3 Å². The molecule has 0 amide bonds. The summed E-state index contributed by atoms with van der Waals surface area (Å²) in [5.41, 5.74) is 0.798. The molecule has 0 aliphatic heterocycles. The highest BCUT2D eigenvalue weighted by molar-refractivity contribution is 7.89. The fraction of sp³-hybridized carbons (Fsp3) is 0.235. The van der Waals surface area contributed by atoms with Crippen LogP contribution in [0, 0.1) is 5.82 Å². The Morgan fingerprint density at radius 2 is 2.19 bits per heavy atom. The molecule has 138 valence electrons. The lowest BCUT2D eigenvalue weighted by Gasteiger charge is -2.09. The summed E-state index contributed by atoms with van der Waals surface area (Å²) >= 11 is 0. The van der Waals surface area contributed by atoms with Gasteiger partial charge < -0.3 is 9.15 Å². The van der Waals surface area contributed by atoms with Crippen LogP contribution in [0.2, 0.25) is 0 Å². The second-order valence-electron chi connectivity index (χ2n) is 5.39. The van der Waals surface area contributed by atoms with E-state index in [1.165, 1.54) is 12.1 Å². The SMILES string of the molecule is CCOc1ccc(S(=O)(=O)NCCn2cc(-c3ccco3)cn2)cc1F. The first-order valence-corrected chi connectivity index (χ1v) is 9.46. The van der Waals surface area contributed by atoms with Gasteiger partial charge in [-0.15, -0.1) is 0 Å². The lowest BCUT2D eigenvalue weighted by Crippen LogP contribution is -2.27. The third-order valence-corrected chi connectivity index (χ3v) is 5.04. The third kappa shape index (κ3) is 4.12. The number of aromatic nitrogens is 2. The minimum Gasteiger partial charge on any atom is -0.491 e. The zero-order valence-electron chi connectivity index (χ0n) is 14.1. The number of furan rings is 1. The van der Waals surface area contributed by atoms with Crippen molar-refractivity contribution in [3.05, 3.63) is 54.8 Å². The average Bonchev–Trinajstić information content (AvgIpc) is 3.28. The van der Waals surface area contributed by atoms with Gasteiger partial charge in [0, 0.05) is 12.7 Å². The van der Waals surface area contributed by atoms with Crippen LogP contribution in [0.5, 0.6) is 5.75 Å². The lowest BCUT2D eigenvalue weighted by molar-refractivity contribution is 0.321. The molecular weight excluding hydrogens is 361 g/mol. The molecule has 1 N–H and O–H groups in total. The highest BCUT2D eigenvalue weighted by atomic mass is 32.2. The number of hydrogen-bond donors (Lipinski definition) is 1. The molecule has 0 spiro atoms. The molecule has 0 atom stereocenters. The Morgan fingerprint density at radius 1 is 1.35 bits per heavy atom.